The zero-order valence-corrected chi connectivity index (χ0v) is 10.2. The van der Waals surface area contributed by atoms with Crippen LogP contribution >= 0.6 is 0 Å². The molecule has 0 aromatic heterocycles. The van der Waals surface area contributed by atoms with Gasteiger partial charge in [-0.15, -0.1) is 0 Å². The monoisotopic (exact) mass is 210 g/mol. The van der Waals surface area contributed by atoms with Crippen molar-refractivity contribution in [1.29, 1.82) is 0 Å². The Kier molecular flexibility index (Phi) is 3.95. The minimum atomic E-state index is -0.328. The number of hydrogen-bond acceptors (Lipinski definition) is 2. The van der Waals surface area contributed by atoms with Crippen LogP contribution in [-0.2, 0) is 9.53 Å². The molecule has 0 spiro atoms. The van der Waals surface area contributed by atoms with Crippen LogP contribution in [0.2, 0.25) is 0 Å². The molecule has 2 atom stereocenters. The molecule has 0 saturated heterocycles. The van der Waals surface area contributed by atoms with Crippen molar-refractivity contribution < 1.29 is 9.53 Å². The smallest absolute Gasteiger partial charge is 0.303 e. The largest absolute Gasteiger partial charge is 0.460 e. The second-order valence-corrected chi connectivity index (χ2v) is 5.42. The lowest BCUT2D eigenvalue weighted by molar-refractivity contribution is -0.151. The summed E-state index contributed by atoms with van der Waals surface area (Å²) < 4.78 is 4.80. The van der Waals surface area contributed by atoms with Gasteiger partial charge in [0.15, 0.2) is 0 Å². The molecule has 2 aliphatic rings. The van der Waals surface area contributed by atoms with Gasteiger partial charge < -0.3 is 4.74 Å². The summed E-state index contributed by atoms with van der Waals surface area (Å²) in [6.07, 6.45) is 9.19. The van der Waals surface area contributed by atoms with E-state index in [1.807, 2.05) is 20.8 Å². The van der Waals surface area contributed by atoms with Gasteiger partial charge in [0.1, 0.15) is 5.60 Å². The number of rotatable bonds is 0. The van der Waals surface area contributed by atoms with Crippen LogP contribution in [0.15, 0.2) is 12.2 Å². The highest BCUT2D eigenvalue weighted by Crippen LogP contribution is 2.38. The first-order valence-electron chi connectivity index (χ1n) is 5.75. The highest BCUT2D eigenvalue weighted by molar-refractivity contribution is 5.66. The van der Waals surface area contributed by atoms with E-state index in [0.717, 1.165) is 11.8 Å². The van der Waals surface area contributed by atoms with E-state index < -0.39 is 0 Å². The number of hydrogen-bond donors (Lipinski definition) is 0. The van der Waals surface area contributed by atoms with Crippen LogP contribution in [0, 0.1) is 11.8 Å². The third-order valence-electron chi connectivity index (χ3n) is 2.62. The van der Waals surface area contributed by atoms with Crippen molar-refractivity contribution in [2.24, 2.45) is 11.8 Å². The number of carbonyl (C=O) groups is 1. The molecule has 2 nitrogen and oxygen atoms in total. The van der Waals surface area contributed by atoms with E-state index in [4.69, 9.17) is 4.74 Å². The molecule has 1 saturated carbocycles. The molecule has 0 N–H and O–H groups in total. The predicted molar refractivity (Wildman–Crippen MR) is 61.5 cm³/mol. The van der Waals surface area contributed by atoms with Crippen molar-refractivity contribution >= 4 is 5.97 Å². The maximum Gasteiger partial charge on any atom is 0.303 e. The van der Waals surface area contributed by atoms with Crippen molar-refractivity contribution in [2.45, 2.75) is 52.6 Å². The van der Waals surface area contributed by atoms with Crippen LogP contribution in [0.4, 0.5) is 0 Å². The Hall–Kier alpha value is -0.790. The zero-order chi connectivity index (χ0) is 11.5. The second-order valence-electron chi connectivity index (χ2n) is 5.42. The Morgan fingerprint density at radius 1 is 1.20 bits per heavy atom. The van der Waals surface area contributed by atoms with E-state index in [-0.39, 0.29) is 11.6 Å². The molecule has 0 radical (unpaired) electrons. The molecule has 0 aromatic rings. The molecule has 2 aliphatic carbocycles. The van der Waals surface area contributed by atoms with Gasteiger partial charge in [-0.25, -0.2) is 0 Å². The van der Waals surface area contributed by atoms with Gasteiger partial charge in [-0.1, -0.05) is 12.2 Å². The minimum Gasteiger partial charge on any atom is -0.460 e. The summed E-state index contributed by atoms with van der Waals surface area (Å²) in [5.74, 6) is 1.76. The van der Waals surface area contributed by atoms with Gasteiger partial charge in [0.25, 0.3) is 0 Å². The Balaban J connectivity index is 0.000000150. The summed E-state index contributed by atoms with van der Waals surface area (Å²) >= 11 is 0. The molecule has 1 fully saturated rings. The first-order valence-corrected chi connectivity index (χ1v) is 5.75. The van der Waals surface area contributed by atoms with E-state index in [0.29, 0.717) is 0 Å². The molecule has 2 bridgehead atoms. The predicted octanol–water partition coefficient (Wildman–Crippen LogP) is 3.32. The van der Waals surface area contributed by atoms with Crippen molar-refractivity contribution in [3.8, 4) is 0 Å². The Morgan fingerprint density at radius 2 is 1.67 bits per heavy atom. The van der Waals surface area contributed by atoms with Crippen molar-refractivity contribution in [3.63, 3.8) is 0 Å². The third-order valence-corrected chi connectivity index (χ3v) is 2.62. The van der Waals surface area contributed by atoms with Crippen LogP contribution in [0.3, 0.4) is 0 Å². The fraction of sp³-hybridized carbons (Fsp3) is 0.769. The fourth-order valence-electron chi connectivity index (χ4n) is 2.15. The van der Waals surface area contributed by atoms with E-state index in [2.05, 4.69) is 12.2 Å². The molecule has 15 heavy (non-hydrogen) atoms. The van der Waals surface area contributed by atoms with Gasteiger partial charge in [0.2, 0.25) is 0 Å². The normalized spacial score (nSPS) is 27.2. The highest BCUT2D eigenvalue weighted by Gasteiger charge is 2.25. The van der Waals surface area contributed by atoms with Crippen LogP contribution < -0.4 is 0 Å². The summed E-state index contributed by atoms with van der Waals surface area (Å²) in [5.41, 5.74) is -0.328. The second kappa shape index (κ2) is 4.82. The number of fused-ring (bicyclic) bond motifs is 2. The van der Waals surface area contributed by atoms with E-state index in [1.165, 1.54) is 26.2 Å². The number of carbonyl (C=O) groups excluding carboxylic acids is 1. The molecule has 86 valence electrons. The summed E-state index contributed by atoms with van der Waals surface area (Å²) in [4.78, 5) is 10.2. The lowest BCUT2D eigenvalue weighted by Crippen LogP contribution is -2.21. The van der Waals surface area contributed by atoms with Crippen LogP contribution in [0.25, 0.3) is 0 Å². The van der Waals surface area contributed by atoms with Crippen molar-refractivity contribution in [2.75, 3.05) is 0 Å². The van der Waals surface area contributed by atoms with E-state index >= 15 is 0 Å². The quantitative estimate of drug-likeness (QED) is 0.453. The molecule has 0 aliphatic heterocycles. The van der Waals surface area contributed by atoms with Crippen molar-refractivity contribution in [1.82, 2.24) is 0 Å². The summed E-state index contributed by atoms with van der Waals surface area (Å²) in [6.45, 7) is 6.93. The van der Waals surface area contributed by atoms with Crippen LogP contribution in [0.5, 0.6) is 0 Å². The maximum atomic E-state index is 10.2. The van der Waals surface area contributed by atoms with E-state index in [9.17, 15) is 4.79 Å². The summed E-state index contributed by atoms with van der Waals surface area (Å²) in [6, 6.07) is 0. The minimum absolute atomic E-state index is 0.225. The zero-order valence-electron chi connectivity index (χ0n) is 10.2. The Bertz CT molecular complexity index is 236. The molecular formula is C13H22O2. The molecule has 2 rings (SSSR count). The Morgan fingerprint density at radius 3 is 1.73 bits per heavy atom. The number of ether oxygens (including phenoxy) is 1. The van der Waals surface area contributed by atoms with Crippen LogP contribution in [-0.4, -0.2) is 11.6 Å². The molecule has 0 heterocycles. The standard InChI is InChI=1S/C7H10.C6H12O2/c1-2-7-4-3-6(1)5-7;1-5(7)8-6(2,3)4/h1-2,6-7H,3-5H2;1-4H3. The summed E-state index contributed by atoms with van der Waals surface area (Å²) in [5, 5.41) is 0. The molecular weight excluding hydrogens is 188 g/mol. The van der Waals surface area contributed by atoms with Crippen molar-refractivity contribution in [3.05, 3.63) is 12.2 Å². The van der Waals surface area contributed by atoms with E-state index in [1.54, 1.807) is 0 Å². The highest BCUT2D eigenvalue weighted by atomic mass is 16.6. The topological polar surface area (TPSA) is 26.3 Å². The van der Waals surface area contributed by atoms with Gasteiger partial charge in [-0.3, -0.25) is 4.79 Å². The first kappa shape index (κ1) is 12.3. The molecule has 2 unspecified atom stereocenters. The number of esters is 1. The van der Waals surface area contributed by atoms with Gasteiger partial charge in [-0.2, -0.15) is 0 Å². The third kappa shape index (κ3) is 5.01. The molecule has 2 heteroatoms. The number of allylic oxidation sites excluding steroid dienone is 2. The lowest BCUT2D eigenvalue weighted by Gasteiger charge is -2.17. The Labute approximate surface area is 92.7 Å². The van der Waals surface area contributed by atoms with Gasteiger partial charge >= 0.3 is 5.97 Å². The molecule has 0 aromatic carbocycles. The first-order chi connectivity index (χ1) is 6.87. The average Bonchev–Trinajstić information content (AvgIpc) is 2.61. The lowest BCUT2D eigenvalue weighted by atomic mass is 10.1. The van der Waals surface area contributed by atoms with Gasteiger partial charge in [0.05, 0.1) is 0 Å². The SMILES string of the molecule is C1=CC2CCC1C2.CC(=O)OC(C)(C)C. The average molecular weight is 210 g/mol. The fourth-order valence-corrected chi connectivity index (χ4v) is 2.15. The van der Waals surface area contributed by atoms with Gasteiger partial charge in [-0.05, 0) is 51.9 Å². The van der Waals surface area contributed by atoms with Crippen LogP contribution in [0.1, 0.15) is 47.0 Å². The maximum absolute atomic E-state index is 10.2. The van der Waals surface area contributed by atoms with Gasteiger partial charge in [0, 0.05) is 6.92 Å². The summed E-state index contributed by atoms with van der Waals surface area (Å²) in [7, 11) is 0. The molecule has 0 amide bonds.